The van der Waals surface area contributed by atoms with Crippen LogP contribution in [0.15, 0.2) is 53.3 Å². The molecule has 0 spiro atoms. The zero-order chi connectivity index (χ0) is 26.0. The van der Waals surface area contributed by atoms with Gasteiger partial charge in [0.15, 0.2) is 5.75 Å². The highest BCUT2D eigenvalue weighted by Gasteiger charge is 2.26. The number of H-pyrrole nitrogens is 1. The van der Waals surface area contributed by atoms with Crippen LogP contribution in [0.5, 0.6) is 17.4 Å². The van der Waals surface area contributed by atoms with Crippen molar-refractivity contribution in [1.29, 1.82) is 0 Å². The maximum Gasteiger partial charge on any atom is 0.327 e. The summed E-state index contributed by atoms with van der Waals surface area (Å²) in [7, 11) is -0.607. The zero-order valence-electron chi connectivity index (χ0n) is 20.2. The van der Waals surface area contributed by atoms with Crippen LogP contribution in [0.25, 0.3) is 22.2 Å². The maximum atomic E-state index is 14.7. The zero-order valence-corrected chi connectivity index (χ0v) is 21.1. The Balaban J connectivity index is 1.86. The van der Waals surface area contributed by atoms with E-state index in [1.165, 1.54) is 24.9 Å². The first-order valence-electron chi connectivity index (χ1n) is 11.1. The summed E-state index contributed by atoms with van der Waals surface area (Å²) in [6.45, 7) is 2.11. The van der Waals surface area contributed by atoms with Gasteiger partial charge < -0.3 is 19.2 Å². The quantitative estimate of drug-likeness (QED) is 0.363. The highest BCUT2D eigenvalue weighted by atomic mass is 32.2. The number of imidazole rings is 1. The average molecular weight is 516 g/mol. The fraction of sp³-hybridized carbons (Fsp3) is 0.280. The minimum Gasteiger partial charge on any atom is -0.497 e. The molecule has 2 heterocycles. The van der Waals surface area contributed by atoms with Crippen LogP contribution >= 0.6 is 0 Å². The number of sulfone groups is 1. The summed E-state index contributed by atoms with van der Waals surface area (Å²) in [6, 6.07) is 11.7. The van der Waals surface area contributed by atoms with Crippen molar-refractivity contribution in [3.05, 3.63) is 70.5 Å². The summed E-state index contributed by atoms with van der Waals surface area (Å²) < 4.78 is 56.6. The van der Waals surface area contributed by atoms with Gasteiger partial charge in [-0.2, -0.15) is 0 Å². The van der Waals surface area contributed by atoms with E-state index < -0.39 is 27.4 Å². The molecule has 0 saturated heterocycles. The third-order valence-corrected chi connectivity index (χ3v) is 6.59. The van der Waals surface area contributed by atoms with E-state index in [-0.39, 0.29) is 11.6 Å². The second-order valence-corrected chi connectivity index (χ2v) is 10.3. The molecule has 1 N–H and O–H groups in total. The highest BCUT2D eigenvalue weighted by Crippen LogP contribution is 2.32. The first-order chi connectivity index (χ1) is 17.1. The van der Waals surface area contributed by atoms with Gasteiger partial charge in [0.25, 0.3) is 5.88 Å². The molecule has 0 amide bonds. The third-order valence-electron chi connectivity index (χ3n) is 5.67. The van der Waals surface area contributed by atoms with E-state index in [4.69, 9.17) is 14.2 Å². The van der Waals surface area contributed by atoms with Crippen molar-refractivity contribution < 1.29 is 27.0 Å². The summed E-state index contributed by atoms with van der Waals surface area (Å²) in [5.41, 5.74) is 1.53. The predicted octanol–water partition coefficient (Wildman–Crippen LogP) is 3.58. The molecule has 1 unspecified atom stereocenters. The van der Waals surface area contributed by atoms with Crippen LogP contribution in [-0.2, 0) is 9.84 Å². The molecule has 4 rings (SSSR count). The summed E-state index contributed by atoms with van der Waals surface area (Å²) >= 11 is 0. The Morgan fingerprint density at radius 1 is 1.08 bits per heavy atom. The van der Waals surface area contributed by atoms with Gasteiger partial charge >= 0.3 is 5.69 Å². The molecule has 2 aromatic carbocycles. The average Bonchev–Trinajstić information content (AvgIpc) is 3.16. The van der Waals surface area contributed by atoms with Crippen LogP contribution in [0.3, 0.4) is 0 Å². The number of halogens is 1. The van der Waals surface area contributed by atoms with E-state index in [9.17, 15) is 17.6 Å². The van der Waals surface area contributed by atoms with Gasteiger partial charge in [0.1, 0.15) is 21.4 Å². The second-order valence-electron chi connectivity index (χ2n) is 8.16. The van der Waals surface area contributed by atoms with Crippen molar-refractivity contribution in [2.24, 2.45) is 0 Å². The van der Waals surface area contributed by atoms with E-state index in [0.717, 1.165) is 6.26 Å². The predicted molar refractivity (Wildman–Crippen MR) is 134 cm³/mol. The SMILES string of the molecule is CCOc1nc(C(CS(C)(=O)=O)n2c(=O)[nH]c3cc(-c4ccc(OC)cc4F)ccc32)ccc1OC. The molecule has 1 atom stereocenters. The van der Waals surface area contributed by atoms with Crippen LogP contribution in [0, 0.1) is 5.82 Å². The molecule has 190 valence electrons. The van der Waals surface area contributed by atoms with E-state index in [2.05, 4.69) is 9.97 Å². The number of pyridine rings is 1. The van der Waals surface area contributed by atoms with Gasteiger partial charge in [-0.3, -0.25) is 4.57 Å². The normalized spacial score (nSPS) is 12.5. The van der Waals surface area contributed by atoms with E-state index >= 15 is 0 Å². The molecule has 11 heteroatoms. The van der Waals surface area contributed by atoms with Crippen molar-refractivity contribution in [1.82, 2.24) is 14.5 Å². The minimum atomic E-state index is -3.53. The molecular formula is C25H26FN3O6S. The second kappa shape index (κ2) is 10.0. The molecule has 0 radical (unpaired) electrons. The Morgan fingerprint density at radius 2 is 1.86 bits per heavy atom. The Bertz CT molecular complexity index is 1580. The molecule has 9 nitrogen and oxygen atoms in total. The van der Waals surface area contributed by atoms with Gasteiger partial charge in [-0.1, -0.05) is 6.07 Å². The number of aromatic amines is 1. The van der Waals surface area contributed by atoms with Crippen LogP contribution < -0.4 is 19.9 Å². The van der Waals surface area contributed by atoms with Gasteiger partial charge in [-0.05, 0) is 48.9 Å². The first-order valence-corrected chi connectivity index (χ1v) is 13.1. The smallest absolute Gasteiger partial charge is 0.327 e. The van der Waals surface area contributed by atoms with Gasteiger partial charge in [-0.15, -0.1) is 0 Å². The van der Waals surface area contributed by atoms with Crippen LogP contribution in [-0.4, -0.2) is 55.8 Å². The first kappa shape index (κ1) is 25.2. The lowest BCUT2D eigenvalue weighted by atomic mass is 10.0. The highest BCUT2D eigenvalue weighted by molar-refractivity contribution is 7.90. The molecule has 2 aromatic heterocycles. The van der Waals surface area contributed by atoms with Crippen molar-refractivity contribution in [2.75, 3.05) is 32.8 Å². The lowest BCUT2D eigenvalue weighted by Gasteiger charge is -2.19. The van der Waals surface area contributed by atoms with Crippen LogP contribution in [0.1, 0.15) is 18.7 Å². The lowest BCUT2D eigenvalue weighted by Crippen LogP contribution is -2.29. The number of rotatable bonds is 9. The van der Waals surface area contributed by atoms with Gasteiger partial charge in [-0.25, -0.2) is 22.6 Å². The molecule has 36 heavy (non-hydrogen) atoms. The van der Waals surface area contributed by atoms with Gasteiger partial charge in [0, 0.05) is 17.9 Å². The van der Waals surface area contributed by atoms with Crippen LogP contribution in [0.4, 0.5) is 4.39 Å². The minimum absolute atomic E-state index is 0.196. The summed E-state index contributed by atoms with van der Waals surface area (Å²) in [4.78, 5) is 20.3. The Kier molecular flexibility index (Phi) is 7.02. The fourth-order valence-corrected chi connectivity index (χ4v) is 4.96. The van der Waals surface area contributed by atoms with Crippen LogP contribution in [0.2, 0.25) is 0 Å². The largest absolute Gasteiger partial charge is 0.497 e. The molecule has 4 aromatic rings. The Hall–Kier alpha value is -3.86. The van der Waals surface area contributed by atoms with Gasteiger partial charge in [0.2, 0.25) is 0 Å². The van der Waals surface area contributed by atoms with Crippen molar-refractivity contribution in [3.8, 4) is 28.5 Å². The molecule has 0 aliphatic rings. The molecular weight excluding hydrogens is 489 g/mol. The monoisotopic (exact) mass is 515 g/mol. The number of nitrogens with one attached hydrogen (secondary N) is 1. The summed E-state index contributed by atoms with van der Waals surface area (Å²) in [5, 5.41) is 0. The molecule has 0 aliphatic carbocycles. The number of hydrogen-bond donors (Lipinski definition) is 1. The topological polar surface area (TPSA) is 113 Å². The fourth-order valence-electron chi connectivity index (χ4n) is 4.07. The molecule has 0 fully saturated rings. The number of fused-ring (bicyclic) bond motifs is 1. The summed E-state index contributed by atoms with van der Waals surface area (Å²) in [6.07, 6.45) is 1.09. The van der Waals surface area contributed by atoms with E-state index in [1.54, 1.807) is 49.4 Å². The summed E-state index contributed by atoms with van der Waals surface area (Å²) in [5.74, 6) is 0.118. The molecule has 0 bridgehead atoms. The number of hydrogen-bond acceptors (Lipinski definition) is 7. The van der Waals surface area contributed by atoms with Crippen molar-refractivity contribution >= 4 is 20.9 Å². The van der Waals surface area contributed by atoms with E-state index in [1.807, 2.05) is 0 Å². The number of benzene rings is 2. The Morgan fingerprint density at radius 3 is 2.50 bits per heavy atom. The van der Waals surface area contributed by atoms with Crippen molar-refractivity contribution in [3.63, 3.8) is 0 Å². The van der Waals surface area contributed by atoms with Gasteiger partial charge in [0.05, 0.1) is 49.3 Å². The number of nitrogens with zero attached hydrogens (tertiary/aromatic N) is 2. The third kappa shape index (κ3) is 5.06. The van der Waals surface area contributed by atoms with Crippen molar-refractivity contribution in [2.45, 2.75) is 13.0 Å². The van der Waals surface area contributed by atoms with E-state index in [0.29, 0.717) is 46.0 Å². The lowest BCUT2D eigenvalue weighted by molar-refractivity contribution is 0.296. The Labute approximate surface area is 207 Å². The maximum absolute atomic E-state index is 14.7. The molecule has 0 aliphatic heterocycles. The standard InChI is InChI=1S/C25H26FN3O6S/c1-5-35-24-23(34-3)11-9-19(27-24)22(14-36(4,31)32)29-21-10-6-15(12-20(21)28-25(29)30)17-8-7-16(33-2)13-18(17)26/h6-13,22H,5,14H2,1-4H3,(H,28,30). The number of methoxy groups -OCH3 is 2. The number of ether oxygens (including phenoxy) is 3. The molecule has 0 saturated carbocycles. The number of aromatic nitrogens is 3.